The molecular formula is C16H33NO2S. The van der Waals surface area contributed by atoms with E-state index in [9.17, 15) is 9.00 Å². The zero-order valence-corrected chi connectivity index (χ0v) is 14.2. The minimum Gasteiger partial charge on any atom is -0.275 e. The lowest BCUT2D eigenvalue weighted by Crippen LogP contribution is -2.27. The molecule has 3 nitrogen and oxygen atoms in total. The summed E-state index contributed by atoms with van der Waals surface area (Å²) in [7, 11) is -1.16. The van der Waals surface area contributed by atoms with E-state index in [1.165, 1.54) is 38.5 Å². The quantitative estimate of drug-likeness (QED) is 0.481. The van der Waals surface area contributed by atoms with Crippen molar-refractivity contribution in [1.82, 2.24) is 4.72 Å². The van der Waals surface area contributed by atoms with Crippen LogP contribution in [0.4, 0.5) is 0 Å². The number of carbonyl (C=O) groups excluding carboxylic acids is 1. The van der Waals surface area contributed by atoms with Gasteiger partial charge in [0.15, 0.2) is 0 Å². The first kappa shape index (κ1) is 19.6. The van der Waals surface area contributed by atoms with Gasteiger partial charge in [0.1, 0.15) is 11.0 Å². The van der Waals surface area contributed by atoms with Crippen molar-refractivity contribution < 1.29 is 9.00 Å². The van der Waals surface area contributed by atoms with Gasteiger partial charge in [0.2, 0.25) is 5.91 Å². The topological polar surface area (TPSA) is 46.2 Å². The molecule has 120 valence electrons. The number of carbonyl (C=O) groups is 1. The summed E-state index contributed by atoms with van der Waals surface area (Å²) in [5, 5.41) is 0. The number of rotatable bonds is 14. The van der Waals surface area contributed by atoms with Gasteiger partial charge in [-0.2, -0.15) is 0 Å². The maximum absolute atomic E-state index is 11.6. The molecule has 0 bridgehead atoms. The molecule has 20 heavy (non-hydrogen) atoms. The number of amides is 1. The molecule has 0 saturated carbocycles. The van der Waals surface area contributed by atoms with Crippen LogP contribution in [0.1, 0.15) is 90.9 Å². The summed E-state index contributed by atoms with van der Waals surface area (Å²) in [5.41, 5.74) is 0. The van der Waals surface area contributed by atoms with Gasteiger partial charge >= 0.3 is 0 Å². The van der Waals surface area contributed by atoms with Gasteiger partial charge in [-0.05, 0) is 12.8 Å². The molecule has 0 radical (unpaired) electrons. The molecule has 0 aromatic carbocycles. The van der Waals surface area contributed by atoms with Gasteiger partial charge in [0.25, 0.3) is 0 Å². The third-order valence-electron chi connectivity index (χ3n) is 3.42. The van der Waals surface area contributed by atoms with Gasteiger partial charge in [-0.25, -0.2) is 4.21 Å². The monoisotopic (exact) mass is 303 g/mol. The first-order valence-electron chi connectivity index (χ1n) is 8.38. The normalized spacial score (nSPS) is 12.3. The van der Waals surface area contributed by atoms with Crippen LogP contribution in [0.2, 0.25) is 0 Å². The average Bonchev–Trinajstić information content (AvgIpc) is 2.42. The predicted octanol–water partition coefficient (Wildman–Crippen LogP) is 4.49. The van der Waals surface area contributed by atoms with E-state index < -0.39 is 11.0 Å². The highest BCUT2D eigenvalue weighted by atomic mass is 32.2. The zero-order valence-electron chi connectivity index (χ0n) is 13.4. The van der Waals surface area contributed by atoms with Gasteiger partial charge < -0.3 is 0 Å². The molecule has 1 amide bonds. The highest BCUT2D eigenvalue weighted by molar-refractivity contribution is 7.83. The van der Waals surface area contributed by atoms with E-state index in [0.717, 1.165) is 32.1 Å². The molecule has 0 fully saturated rings. The largest absolute Gasteiger partial charge is 0.275 e. The highest BCUT2D eigenvalue weighted by Crippen LogP contribution is 2.09. The summed E-state index contributed by atoms with van der Waals surface area (Å²) in [6, 6.07) is 0. The Morgan fingerprint density at radius 2 is 1.30 bits per heavy atom. The van der Waals surface area contributed by atoms with Crippen molar-refractivity contribution in [2.75, 3.05) is 5.75 Å². The Balaban J connectivity index is 3.33. The molecule has 0 aliphatic rings. The van der Waals surface area contributed by atoms with Crippen LogP contribution in [0.25, 0.3) is 0 Å². The first-order chi connectivity index (χ1) is 9.70. The molecule has 0 spiro atoms. The van der Waals surface area contributed by atoms with Gasteiger partial charge in [0.05, 0.1) is 0 Å². The van der Waals surface area contributed by atoms with Crippen LogP contribution in [-0.4, -0.2) is 15.9 Å². The fraction of sp³-hybridized carbons (Fsp3) is 0.938. The van der Waals surface area contributed by atoms with Crippen LogP contribution in [-0.2, 0) is 15.8 Å². The molecule has 4 heteroatoms. The van der Waals surface area contributed by atoms with Crippen LogP contribution in [0, 0.1) is 0 Å². The maximum Gasteiger partial charge on any atom is 0.231 e. The lowest BCUT2D eigenvalue weighted by molar-refractivity contribution is -0.119. The predicted molar refractivity (Wildman–Crippen MR) is 87.9 cm³/mol. The Labute approximate surface area is 127 Å². The zero-order chi connectivity index (χ0) is 15.1. The number of hydrogen-bond acceptors (Lipinski definition) is 2. The summed E-state index contributed by atoms with van der Waals surface area (Å²) in [6.07, 6.45) is 13.5. The molecule has 0 heterocycles. The molecule has 0 saturated heterocycles. The third kappa shape index (κ3) is 14.0. The van der Waals surface area contributed by atoms with Crippen molar-refractivity contribution in [2.45, 2.75) is 90.9 Å². The summed E-state index contributed by atoms with van der Waals surface area (Å²) in [4.78, 5) is 11.6. The van der Waals surface area contributed by atoms with E-state index in [0.29, 0.717) is 12.2 Å². The SMILES string of the molecule is CCCCCCCCCCC(=O)NS(=O)CCCCC. The van der Waals surface area contributed by atoms with E-state index in [4.69, 9.17) is 0 Å². The fourth-order valence-electron chi connectivity index (χ4n) is 2.13. The van der Waals surface area contributed by atoms with Crippen LogP contribution >= 0.6 is 0 Å². The van der Waals surface area contributed by atoms with Crippen molar-refractivity contribution >= 4 is 16.9 Å². The Kier molecular flexibility index (Phi) is 14.7. The molecule has 0 aromatic heterocycles. The van der Waals surface area contributed by atoms with E-state index in [2.05, 4.69) is 18.6 Å². The Morgan fingerprint density at radius 1 is 0.800 bits per heavy atom. The second kappa shape index (κ2) is 15.0. The number of hydrogen-bond donors (Lipinski definition) is 1. The summed E-state index contributed by atoms with van der Waals surface area (Å²) in [5.74, 6) is 0.544. The lowest BCUT2D eigenvalue weighted by atomic mass is 10.1. The van der Waals surface area contributed by atoms with Crippen molar-refractivity contribution in [3.8, 4) is 0 Å². The van der Waals surface area contributed by atoms with Gasteiger partial charge in [0, 0.05) is 12.2 Å². The Bertz CT molecular complexity index is 257. The highest BCUT2D eigenvalue weighted by Gasteiger charge is 2.05. The first-order valence-corrected chi connectivity index (χ1v) is 9.70. The molecule has 0 rings (SSSR count). The van der Waals surface area contributed by atoms with E-state index in [-0.39, 0.29) is 5.91 Å². The minimum absolute atomic E-state index is 0.0502. The van der Waals surface area contributed by atoms with Crippen LogP contribution in [0.15, 0.2) is 0 Å². The van der Waals surface area contributed by atoms with E-state index in [1.807, 2.05) is 0 Å². The van der Waals surface area contributed by atoms with Gasteiger partial charge in [-0.3, -0.25) is 9.52 Å². The second-order valence-corrected chi connectivity index (χ2v) is 6.81. The smallest absolute Gasteiger partial charge is 0.231 e. The molecular weight excluding hydrogens is 270 g/mol. The van der Waals surface area contributed by atoms with E-state index >= 15 is 0 Å². The Hall–Kier alpha value is -0.380. The average molecular weight is 304 g/mol. The molecule has 0 aliphatic carbocycles. The van der Waals surface area contributed by atoms with Gasteiger partial charge in [-0.15, -0.1) is 0 Å². The fourth-order valence-corrected chi connectivity index (χ4v) is 3.06. The van der Waals surface area contributed by atoms with Crippen LogP contribution in [0.3, 0.4) is 0 Å². The molecule has 1 N–H and O–H groups in total. The van der Waals surface area contributed by atoms with Crippen LogP contribution in [0.5, 0.6) is 0 Å². The van der Waals surface area contributed by atoms with Crippen LogP contribution < -0.4 is 4.72 Å². The maximum atomic E-state index is 11.6. The van der Waals surface area contributed by atoms with Crippen molar-refractivity contribution in [1.29, 1.82) is 0 Å². The molecule has 0 aliphatic heterocycles. The summed E-state index contributed by atoms with van der Waals surface area (Å²) < 4.78 is 14.1. The third-order valence-corrected chi connectivity index (χ3v) is 4.53. The Morgan fingerprint density at radius 3 is 1.90 bits per heavy atom. The van der Waals surface area contributed by atoms with Gasteiger partial charge in [-0.1, -0.05) is 71.6 Å². The molecule has 1 unspecified atom stereocenters. The second-order valence-electron chi connectivity index (χ2n) is 5.51. The van der Waals surface area contributed by atoms with E-state index in [1.54, 1.807) is 0 Å². The van der Waals surface area contributed by atoms with Crippen molar-refractivity contribution in [2.24, 2.45) is 0 Å². The number of nitrogens with one attached hydrogen (secondary N) is 1. The van der Waals surface area contributed by atoms with Crippen molar-refractivity contribution in [3.63, 3.8) is 0 Å². The van der Waals surface area contributed by atoms with Crippen molar-refractivity contribution in [3.05, 3.63) is 0 Å². The molecule has 1 atom stereocenters. The minimum atomic E-state index is -1.16. The lowest BCUT2D eigenvalue weighted by Gasteiger charge is -2.05. The summed E-state index contributed by atoms with van der Waals surface area (Å²) in [6.45, 7) is 4.34. The molecule has 0 aromatic rings. The summed E-state index contributed by atoms with van der Waals surface area (Å²) >= 11 is 0. The standard InChI is InChI=1S/C16H33NO2S/c1-3-5-7-8-9-10-11-12-14-16(18)17-20(19)15-13-6-4-2/h3-15H2,1-2H3,(H,17,18). The number of unbranched alkanes of at least 4 members (excludes halogenated alkanes) is 9.